The largest absolute Gasteiger partial charge is 0.317 e. The topological polar surface area (TPSA) is 12.0 Å². The summed E-state index contributed by atoms with van der Waals surface area (Å²) in [6.07, 6.45) is 7.10. The molecule has 12 heavy (non-hydrogen) atoms. The highest BCUT2D eigenvalue weighted by atomic mass is 14.9. The minimum atomic E-state index is 1.04. The number of hydrogen-bond acceptors (Lipinski definition) is 1. The number of unbranched alkanes of at least 4 members (excludes halogenated alkanes) is 1. The highest BCUT2D eigenvalue weighted by Crippen LogP contribution is 2.17. The molecule has 1 nitrogen and oxygen atoms in total. The molecular weight excluding hydrogens is 146 g/mol. The van der Waals surface area contributed by atoms with Crippen molar-refractivity contribution in [2.75, 3.05) is 13.1 Å². The lowest BCUT2D eigenvalue weighted by Crippen LogP contribution is -2.27. The highest BCUT2D eigenvalue weighted by Gasteiger charge is 2.11. The SMILES string of the molecule is CC.CCCCC1CCNCC1. The van der Waals surface area contributed by atoms with Gasteiger partial charge in [-0.25, -0.2) is 0 Å². The average Bonchev–Trinajstić information content (AvgIpc) is 2.19. The molecule has 1 aliphatic heterocycles. The molecule has 0 aromatic rings. The summed E-state index contributed by atoms with van der Waals surface area (Å²) in [6.45, 7) is 8.80. The average molecular weight is 171 g/mol. The Morgan fingerprint density at radius 1 is 1.17 bits per heavy atom. The number of rotatable bonds is 3. The van der Waals surface area contributed by atoms with Crippen LogP contribution in [0.2, 0.25) is 0 Å². The maximum Gasteiger partial charge on any atom is -0.00463 e. The zero-order valence-corrected chi connectivity index (χ0v) is 9.03. The van der Waals surface area contributed by atoms with Gasteiger partial charge in [0, 0.05) is 0 Å². The van der Waals surface area contributed by atoms with Gasteiger partial charge in [0.1, 0.15) is 0 Å². The molecule has 0 aliphatic carbocycles. The van der Waals surface area contributed by atoms with E-state index in [-0.39, 0.29) is 0 Å². The Labute approximate surface area is 77.9 Å². The van der Waals surface area contributed by atoms with Gasteiger partial charge in [0.05, 0.1) is 0 Å². The zero-order valence-electron chi connectivity index (χ0n) is 9.03. The molecule has 1 fully saturated rings. The van der Waals surface area contributed by atoms with Crippen molar-refractivity contribution in [2.24, 2.45) is 5.92 Å². The van der Waals surface area contributed by atoms with Crippen molar-refractivity contribution in [3.05, 3.63) is 0 Å². The fourth-order valence-corrected chi connectivity index (χ4v) is 1.66. The van der Waals surface area contributed by atoms with E-state index in [4.69, 9.17) is 0 Å². The van der Waals surface area contributed by atoms with Crippen LogP contribution < -0.4 is 5.32 Å². The molecule has 0 aromatic carbocycles. The molecule has 0 unspecified atom stereocenters. The van der Waals surface area contributed by atoms with Crippen LogP contribution in [0, 0.1) is 5.92 Å². The maximum absolute atomic E-state index is 3.39. The van der Waals surface area contributed by atoms with Crippen LogP contribution in [0.4, 0.5) is 0 Å². The van der Waals surface area contributed by atoms with E-state index in [0.29, 0.717) is 0 Å². The van der Waals surface area contributed by atoms with Gasteiger partial charge >= 0.3 is 0 Å². The molecule has 0 radical (unpaired) electrons. The van der Waals surface area contributed by atoms with Crippen LogP contribution in [0.25, 0.3) is 0 Å². The van der Waals surface area contributed by atoms with Crippen LogP contribution in [0.3, 0.4) is 0 Å². The first kappa shape index (κ1) is 12.0. The molecule has 74 valence electrons. The lowest BCUT2D eigenvalue weighted by molar-refractivity contribution is 0.346. The van der Waals surface area contributed by atoms with E-state index in [1.165, 1.54) is 45.2 Å². The summed E-state index contributed by atoms with van der Waals surface area (Å²) in [5.41, 5.74) is 0. The Kier molecular flexibility index (Phi) is 9.02. The fourth-order valence-electron chi connectivity index (χ4n) is 1.66. The third kappa shape index (κ3) is 5.59. The molecule has 0 atom stereocenters. The molecule has 1 rings (SSSR count). The fraction of sp³-hybridized carbons (Fsp3) is 1.00. The van der Waals surface area contributed by atoms with Gasteiger partial charge in [0.2, 0.25) is 0 Å². The van der Waals surface area contributed by atoms with Gasteiger partial charge in [0.15, 0.2) is 0 Å². The van der Waals surface area contributed by atoms with Gasteiger partial charge in [0.25, 0.3) is 0 Å². The predicted octanol–water partition coefficient (Wildman–Crippen LogP) is 3.20. The molecule has 1 heterocycles. The molecule has 0 spiro atoms. The van der Waals surface area contributed by atoms with Gasteiger partial charge in [-0.3, -0.25) is 0 Å². The van der Waals surface area contributed by atoms with Crippen molar-refractivity contribution >= 4 is 0 Å². The summed E-state index contributed by atoms with van der Waals surface area (Å²) in [6, 6.07) is 0. The highest BCUT2D eigenvalue weighted by molar-refractivity contribution is 4.67. The molecule has 0 amide bonds. The second-order valence-electron chi connectivity index (χ2n) is 3.34. The second kappa shape index (κ2) is 9.05. The Hall–Kier alpha value is -0.0400. The maximum atomic E-state index is 3.39. The van der Waals surface area contributed by atoms with E-state index < -0.39 is 0 Å². The summed E-state index contributed by atoms with van der Waals surface area (Å²) in [7, 11) is 0. The summed E-state index contributed by atoms with van der Waals surface area (Å²) < 4.78 is 0. The third-order valence-electron chi connectivity index (χ3n) is 2.42. The number of piperidine rings is 1. The minimum Gasteiger partial charge on any atom is -0.317 e. The summed E-state index contributed by atoms with van der Waals surface area (Å²) in [5.74, 6) is 1.04. The Balaban J connectivity index is 0.000000561. The first-order valence-corrected chi connectivity index (χ1v) is 5.64. The second-order valence-corrected chi connectivity index (χ2v) is 3.34. The first-order chi connectivity index (χ1) is 5.93. The minimum absolute atomic E-state index is 1.04. The molecule has 1 saturated heterocycles. The van der Waals surface area contributed by atoms with Crippen LogP contribution >= 0.6 is 0 Å². The predicted molar refractivity (Wildman–Crippen MR) is 56.5 cm³/mol. The van der Waals surface area contributed by atoms with Crippen LogP contribution in [0.5, 0.6) is 0 Å². The normalized spacial score (nSPS) is 18.2. The van der Waals surface area contributed by atoms with Crippen LogP contribution in [-0.4, -0.2) is 13.1 Å². The molecule has 1 aliphatic rings. The third-order valence-corrected chi connectivity index (χ3v) is 2.42. The molecule has 1 heteroatoms. The summed E-state index contributed by atoms with van der Waals surface area (Å²) in [5, 5.41) is 3.39. The Bertz CT molecular complexity index is 75.1. The van der Waals surface area contributed by atoms with Crippen LogP contribution in [0.1, 0.15) is 52.9 Å². The lowest BCUT2D eigenvalue weighted by atomic mass is 9.93. The zero-order chi connectivity index (χ0) is 9.23. The monoisotopic (exact) mass is 171 g/mol. The van der Waals surface area contributed by atoms with E-state index >= 15 is 0 Å². The van der Waals surface area contributed by atoms with Gasteiger partial charge < -0.3 is 5.32 Å². The van der Waals surface area contributed by atoms with Crippen molar-refractivity contribution in [1.82, 2.24) is 5.32 Å². The summed E-state index contributed by atoms with van der Waals surface area (Å²) in [4.78, 5) is 0. The first-order valence-electron chi connectivity index (χ1n) is 5.64. The van der Waals surface area contributed by atoms with Gasteiger partial charge in [-0.1, -0.05) is 40.0 Å². The van der Waals surface area contributed by atoms with Crippen molar-refractivity contribution in [3.63, 3.8) is 0 Å². The van der Waals surface area contributed by atoms with Crippen molar-refractivity contribution < 1.29 is 0 Å². The molecule has 0 bridgehead atoms. The van der Waals surface area contributed by atoms with Crippen molar-refractivity contribution in [2.45, 2.75) is 52.9 Å². The van der Waals surface area contributed by atoms with Crippen molar-refractivity contribution in [1.29, 1.82) is 0 Å². The number of hydrogen-bond donors (Lipinski definition) is 1. The van der Waals surface area contributed by atoms with E-state index in [1.54, 1.807) is 0 Å². The Morgan fingerprint density at radius 2 is 1.75 bits per heavy atom. The van der Waals surface area contributed by atoms with Gasteiger partial charge in [-0.15, -0.1) is 0 Å². The van der Waals surface area contributed by atoms with Gasteiger partial charge in [-0.2, -0.15) is 0 Å². The van der Waals surface area contributed by atoms with Crippen LogP contribution in [-0.2, 0) is 0 Å². The lowest BCUT2D eigenvalue weighted by Gasteiger charge is -2.21. The Morgan fingerprint density at radius 3 is 2.25 bits per heavy atom. The van der Waals surface area contributed by atoms with Crippen LogP contribution in [0.15, 0.2) is 0 Å². The van der Waals surface area contributed by atoms with E-state index in [0.717, 1.165) is 5.92 Å². The smallest absolute Gasteiger partial charge is 0.00463 e. The molecular formula is C11H25N. The van der Waals surface area contributed by atoms with Gasteiger partial charge in [-0.05, 0) is 31.8 Å². The van der Waals surface area contributed by atoms with E-state index in [9.17, 15) is 0 Å². The van der Waals surface area contributed by atoms with E-state index in [2.05, 4.69) is 12.2 Å². The quantitative estimate of drug-likeness (QED) is 0.687. The van der Waals surface area contributed by atoms with E-state index in [1.807, 2.05) is 13.8 Å². The molecule has 0 aromatic heterocycles. The number of nitrogens with one attached hydrogen (secondary N) is 1. The standard InChI is InChI=1S/C9H19N.C2H6/c1-2-3-4-9-5-7-10-8-6-9;1-2/h9-10H,2-8H2,1H3;1-2H3. The molecule has 1 N–H and O–H groups in total. The molecule has 0 saturated carbocycles. The van der Waals surface area contributed by atoms with Crippen molar-refractivity contribution in [3.8, 4) is 0 Å². The summed E-state index contributed by atoms with van der Waals surface area (Å²) >= 11 is 0.